The van der Waals surface area contributed by atoms with E-state index in [1.54, 1.807) is 0 Å². The summed E-state index contributed by atoms with van der Waals surface area (Å²) in [4.78, 5) is 0. The van der Waals surface area contributed by atoms with Crippen LogP contribution >= 0.6 is 0 Å². The van der Waals surface area contributed by atoms with Gasteiger partial charge in [-0.25, -0.2) is 0 Å². The molecule has 1 aromatic rings. The second kappa shape index (κ2) is 7.29. The average Bonchev–Trinajstić information content (AvgIpc) is 2.29. The summed E-state index contributed by atoms with van der Waals surface area (Å²) in [6, 6.07) is 8.20. The molecule has 0 spiro atoms. The number of rotatable bonds is 7. The molecule has 0 unspecified atom stereocenters. The third kappa shape index (κ3) is 4.23. The van der Waals surface area contributed by atoms with Crippen molar-refractivity contribution in [3.8, 4) is 5.75 Å². The van der Waals surface area contributed by atoms with Gasteiger partial charge in [0, 0.05) is 6.61 Å². The van der Waals surface area contributed by atoms with Gasteiger partial charge in [0.15, 0.2) is 0 Å². The first-order valence-corrected chi connectivity index (χ1v) is 6.05. The van der Waals surface area contributed by atoms with Crippen molar-refractivity contribution in [1.82, 2.24) is 0 Å². The molecule has 0 aliphatic rings. The van der Waals surface area contributed by atoms with E-state index in [1.807, 2.05) is 12.1 Å². The van der Waals surface area contributed by atoms with Crippen molar-refractivity contribution in [1.29, 1.82) is 0 Å². The molecule has 1 rings (SSSR count). The predicted octanol–water partition coefficient (Wildman–Crippen LogP) is 3.62. The van der Waals surface area contributed by atoms with Crippen LogP contribution in [0.25, 0.3) is 0 Å². The summed E-state index contributed by atoms with van der Waals surface area (Å²) in [7, 11) is 0. The fraction of sp³-hybridized carbons (Fsp3) is 0.571. The Morgan fingerprint density at radius 1 is 1.06 bits per heavy atom. The SMILES string of the molecule is CCCOCCOc1ccccc1C(C)C. The van der Waals surface area contributed by atoms with Gasteiger partial charge in [0.05, 0.1) is 6.61 Å². The Hall–Kier alpha value is -1.02. The first kappa shape index (κ1) is 13.0. The van der Waals surface area contributed by atoms with Crippen LogP contribution in [-0.4, -0.2) is 19.8 Å². The first-order chi connectivity index (χ1) is 7.75. The van der Waals surface area contributed by atoms with Crippen molar-refractivity contribution >= 4 is 0 Å². The van der Waals surface area contributed by atoms with E-state index in [9.17, 15) is 0 Å². The predicted molar refractivity (Wildman–Crippen MR) is 67.1 cm³/mol. The normalized spacial score (nSPS) is 10.8. The molecule has 0 atom stereocenters. The Kier molecular flexibility index (Phi) is 5.94. The van der Waals surface area contributed by atoms with Crippen LogP contribution < -0.4 is 4.74 Å². The Labute approximate surface area is 98.6 Å². The van der Waals surface area contributed by atoms with Gasteiger partial charge < -0.3 is 9.47 Å². The maximum Gasteiger partial charge on any atom is 0.122 e. The van der Waals surface area contributed by atoms with Crippen molar-refractivity contribution in [2.75, 3.05) is 19.8 Å². The van der Waals surface area contributed by atoms with Crippen molar-refractivity contribution < 1.29 is 9.47 Å². The molecular formula is C14H22O2. The number of ether oxygens (including phenoxy) is 2. The molecule has 0 aliphatic carbocycles. The van der Waals surface area contributed by atoms with Gasteiger partial charge in [-0.3, -0.25) is 0 Å². The summed E-state index contributed by atoms with van der Waals surface area (Å²) in [5.74, 6) is 1.48. The lowest BCUT2D eigenvalue weighted by molar-refractivity contribution is 0.100. The van der Waals surface area contributed by atoms with Gasteiger partial charge in [-0.15, -0.1) is 0 Å². The van der Waals surface area contributed by atoms with Gasteiger partial charge in [-0.05, 0) is 24.0 Å². The number of hydrogen-bond donors (Lipinski definition) is 0. The molecule has 2 heteroatoms. The molecular weight excluding hydrogens is 200 g/mol. The van der Waals surface area contributed by atoms with E-state index in [0.29, 0.717) is 19.1 Å². The molecule has 1 aromatic carbocycles. The van der Waals surface area contributed by atoms with Crippen molar-refractivity contribution in [3.05, 3.63) is 29.8 Å². The van der Waals surface area contributed by atoms with Gasteiger partial charge in [-0.2, -0.15) is 0 Å². The lowest BCUT2D eigenvalue weighted by atomic mass is 10.0. The lowest BCUT2D eigenvalue weighted by Crippen LogP contribution is -2.08. The quantitative estimate of drug-likeness (QED) is 0.656. The Balaban J connectivity index is 2.41. The second-order valence-electron chi connectivity index (χ2n) is 4.15. The zero-order chi connectivity index (χ0) is 11.8. The molecule has 0 saturated carbocycles. The van der Waals surface area contributed by atoms with Gasteiger partial charge in [0.1, 0.15) is 12.4 Å². The third-order valence-corrected chi connectivity index (χ3v) is 2.37. The summed E-state index contributed by atoms with van der Waals surface area (Å²) >= 11 is 0. The van der Waals surface area contributed by atoms with E-state index in [2.05, 4.69) is 32.9 Å². The zero-order valence-electron chi connectivity index (χ0n) is 10.5. The minimum Gasteiger partial charge on any atom is -0.491 e. The third-order valence-electron chi connectivity index (χ3n) is 2.37. The molecule has 2 nitrogen and oxygen atoms in total. The van der Waals surface area contributed by atoms with Gasteiger partial charge >= 0.3 is 0 Å². The van der Waals surface area contributed by atoms with Crippen molar-refractivity contribution in [2.45, 2.75) is 33.1 Å². The van der Waals surface area contributed by atoms with E-state index in [1.165, 1.54) is 5.56 Å². The zero-order valence-corrected chi connectivity index (χ0v) is 10.5. The van der Waals surface area contributed by atoms with Crippen LogP contribution in [-0.2, 0) is 4.74 Å². The highest BCUT2D eigenvalue weighted by Crippen LogP contribution is 2.25. The molecule has 0 bridgehead atoms. The molecule has 0 amide bonds. The van der Waals surface area contributed by atoms with Crippen LogP contribution in [0.5, 0.6) is 5.75 Å². The number of benzene rings is 1. The Morgan fingerprint density at radius 2 is 1.81 bits per heavy atom. The van der Waals surface area contributed by atoms with Gasteiger partial charge in [-0.1, -0.05) is 39.0 Å². The van der Waals surface area contributed by atoms with E-state index in [-0.39, 0.29) is 0 Å². The lowest BCUT2D eigenvalue weighted by Gasteiger charge is -2.13. The molecule has 0 saturated heterocycles. The van der Waals surface area contributed by atoms with E-state index in [0.717, 1.165) is 18.8 Å². The molecule has 0 N–H and O–H groups in total. The number of para-hydroxylation sites is 1. The average molecular weight is 222 g/mol. The maximum absolute atomic E-state index is 5.72. The summed E-state index contributed by atoms with van der Waals surface area (Å²) in [6.45, 7) is 8.57. The molecule has 0 aromatic heterocycles. The number of hydrogen-bond acceptors (Lipinski definition) is 2. The topological polar surface area (TPSA) is 18.5 Å². The molecule has 0 radical (unpaired) electrons. The fourth-order valence-electron chi connectivity index (χ4n) is 1.55. The minimum atomic E-state index is 0.493. The molecule has 0 fully saturated rings. The molecule has 16 heavy (non-hydrogen) atoms. The van der Waals surface area contributed by atoms with Crippen LogP contribution in [0.3, 0.4) is 0 Å². The molecule has 0 aliphatic heterocycles. The van der Waals surface area contributed by atoms with E-state index >= 15 is 0 Å². The van der Waals surface area contributed by atoms with Crippen LogP contribution in [0.2, 0.25) is 0 Å². The largest absolute Gasteiger partial charge is 0.491 e. The summed E-state index contributed by atoms with van der Waals surface area (Å²) in [6.07, 6.45) is 1.06. The van der Waals surface area contributed by atoms with E-state index in [4.69, 9.17) is 9.47 Å². The molecule has 90 valence electrons. The smallest absolute Gasteiger partial charge is 0.122 e. The standard InChI is InChI=1S/C14H22O2/c1-4-9-15-10-11-16-14-8-6-5-7-13(14)12(2)3/h5-8,12H,4,9-11H2,1-3H3. The fourth-order valence-corrected chi connectivity index (χ4v) is 1.55. The first-order valence-electron chi connectivity index (χ1n) is 6.05. The summed E-state index contributed by atoms with van der Waals surface area (Å²) in [5, 5.41) is 0. The summed E-state index contributed by atoms with van der Waals surface area (Å²) in [5.41, 5.74) is 1.26. The Bertz CT molecular complexity index is 295. The van der Waals surface area contributed by atoms with Crippen LogP contribution in [0.4, 0.5) is 0 Å². The maximum atomic E-state index is 5.72. The highest BCUT2D eigenvalue weighted by atomic mass is 16.5. The second-order valence-corrected chi connectivity index (χ2v) is 4.15. The Morgan fingerprint density at radius 3 is 2.50 bits per heavy atom. The molecule has 0 heterocycles. The monoisotopic (exact) mass is 222 g/mol. The van der Waals surface area contributed by atoms with Crippen molar-refractivity contribution in [2.24, 2.45) is 0 Å². The highest BCUT2D eigenvalue weighted by Gasteiger charge is 2.05. The summed E-state index contributed by atoms with van der Waals surface area (Å²) < 4.78 is 11.1. The van der Waals surface area contributed by atoms with Crippen molar-refractivity contribution in [3.63, 3.8) is 0 Å². The van der Waals surface area contributed by atoms with Crippen LogP contribution in [0.15, 0.2) is 24.3 Å². The van der Waals surface area contributed by atoms with Crippen LogP contribution in [0.1, 0.15) is 38.7 Å². The van der Waals surface area contributed by atoms with Crippen LogP contribution in [0, 0.1) is 0 Å². The van der Waals surface area contributed by atoms with E-state index < -0.39 is 0 Å². The van der Waals surface area contributed by atoms with Gasteiger partial charge in [0.2, 0.25) is 0 Å². The highest BCUT2D eigenvalue weighted by molar-refractivity contribution is 5.35. The van der Waals surface area contributed by atoms with Gasteiger partial charge in [0.25, 0.3) is 0 Å². The minimum absolute atomic E-state index is 0.493.